The van der Waals surface area contributed by atoms with Crippen LogP contribution < -0.4 is 4.90 Å². The minimum atomic E-state index is 0.110. The van der Waals surface area contributed by atoms with Crippen LogP contribution in [0.15, 0.2) is 17.6 Å². The van der Waals surface area contributed by atoms with Gasteiger partial charge in [0.1, 0.15) is 5.69 Å². The summed E-state index contributed by atoms with van der Waals surface area (Å²) in [4.78, 5) is 24.5. The van der Waals surface area contributed by atoms with E-state index in [-0.39, 0.29) is 5.91 Å². The molecular formula is C16H20N4OS. The molecule has 0 aliphatic carbocycles. The monoisotopic (exact) mass is 316 g/mol. The normalized spacial score (nSPS) is 18.4. The van der Waals surface area contributed by atoms with Crippen molar-refractivity contribution in [1.29, 1.82) is 0 Å². The second-order valence-corrected chi connectivity index (χ2v) is 6.85. The summed E-state index contributed by atoms with van der Waals surface area (Å²) in [6.07, 6.45) is 6.64. The Bertz CT molecular complexity index is 665. The van der Waals surface area contributed by atoms with Gasteiger partial charge in [0.2, 0.25) is 0 Å². The van der Waals surface area contributed by atoms with E-state index in [0.717, 1.165) is 55.4 Å². The average molecular weight is 316 g/mol. The number of aromatic amines is 1. The van der Waals surface area contributed by atoms with Gasteiger partial charge in [-0.15, -0.1) is 11.3 Å². The topological polar surface area (TPSA) is 52.2 Å². The van der Waals surface area contributed by atoms with Gasteiger partial charge in [-0.3, -0.25) is 4.79 Å². The lowest BCUT2D eigenvalue weighted by molar-refractivity contribution is 0.0788. The van der Waals surface area contributed by atoms with Crippen LogP contribution in [0.4, 0.5) is 5.13 Å². The highest BCUT2D eigenvalue weighted by Gasteiger charge is 2.22. The number of amides is 1. The third-order valence-corrected chi connectivity index (χ3v) is 5.37. The first-order valence-electron chi connectivity index (χ1n) is 8.00. The zero-order valence-electron chi connectivity index (χ0n) is 12.5. The number of aromatic nitrogens is 2. The first-order chi connectivity index (χ1) is 10.8. The Balaban J connectivity index is 1.52. The molecule has 5 nitrogen and oxygen atoms in total. The molecular weight excluding hydrogens is 296 g/mol. The molecule has 0 atom stereocenters. The fourth-order valence-corrected chi connectivity index (χ4v) is 4.10. The molecule has 116 valence electrons. The highest BCUT2D eigenvalue weighted by molar-refractivity contribution is 7.14. The number of anilines is 1. The molecule has 2 saturated heterocycles. The second kappa shape index (κ2) is 5.76. The Morgan fingerprint density at radius 2 is 1.86 bits per heavy atom. The quantitative estimate of drug-likeness (QED) is 0.947. The molecule has 22 heavy (non-hydrogen) atoms. The Labute approximate surface area is 134 Å². The van der Waals surface area contributed by atoms with Gasteiger partial charge in [-0.05, 0) is 31.7 Å². The molecule has 0 saturated carbocycles. The van der Waals surface area contributed by atoms with Crippen molar-refractivity contribution in [3.8, 4) is 11.3 Å². The maximum Gasteiger partial charge on any atom is 0.270 e. The molecule has 4 heterocycles. The highest BCUT2D eigenvalue weighted by atomic mass is 32.1. The van der Waals surface area contributed by atoms with Crippen LogP contribution in [-0.4, -0.2) is 47.0 Å². The van der Waals surface area contributed by atoms with E-state index in [9.17, 15) is 4.79 Å². The molecule has 4 rings (SSSR count). The number of likely N-dealkylation sites (tertiary alicyclic amines) is 1. The van der Waals surface area contributed by atoms with E-state index in [0.29, 0.717) is 5.69 Å². The number of H-pyrrole nitrogens is 1. The van der Waals surface area contributed by atoms with E-state index < -0.39 is 0 Å². The zero-order valence-corrected chi connectivity index (χ0v) is 13.4. The summed E-state index contributed by atoms with van der Waals surface area (Å²) in [6.45, 7) is 3.98. The second-order valence-electron chi connectivity index (χ2n) is 6.01. The number of nitrogens with one attached hydrogen (secondary N) is 1. The minimum Gasteiger partial charge on any atom is -0.357 e. The predicted molar refractivity (Wildman–Crippen MR) is 88.5 cm³/mol. The Hall–Kier alpha value is -1.82. The summed E-state index contributed by atoms with van der Waals surface area (Å²) in [5, 5.41) is 3.18. The minimum absolute atomic E-state index is 0.110. The smallest absolute Gasteiger partial charge is 0.270 e. The third-order valence-electron chi connectivity index (χ3n) is 4.47. The van der Waals surface area contributed by atoms with E-state index >= 15 is 0 Å². The SMILES string of the molecule is O=C(c1cc(-c2csc(N3CCCC3)n2)c[nH]1)N1CCCC1. The summed E-state index contributed by atoms with van der Waals surface area (Å²) in [6, 6.07) is 1.93. The molecule has 2 aromatic heterocycles. The van der Waals surface area contributed by atoms with Crippen molar-refractivity contribution in [3.63, 3.8) is 0 Å². The number of rotatable bonds is 3. The van der Waals surface area contributed by atoms with Crippen LogP contribution >= 0.6 is 11.3 Å². The van der Waals surface area contributed by atoms with Crippen LogP contribution in [-0.2, 0) is 0 Å². The molecule has 0 unspecified atom stereocenters. The van der Waals surface area contributed by atoms with Gasteiger partial charge in [-0.1, -0.05) is 0 Å². The molecule has 0 spiro atoms. The first kappa shape index (κ1) is 13.8. The van der Waals surface area contributed by atoms with Gasteiger partial charge < -0.3 is 14.8 Å². The zero-order chi connectivity index (χ0) is 14.9. The highest BCUT2D eigenvalue weighted by Crippen LogP contribution is 2.30. The Morgan fingerprint density at radius 1 is 1.14 bits per heavy atom. The number of thiazole rings is 1. The van der Waals surface area contributed by atoms with E-state index in [4.69, 9.17) is 4.98 Å². The van der Waals surface area contributed by atoms with Gasteiger partial charge in [0.15, 0.2) is 5.13 Å². The van der Waals surface area contributed by atoms with E-state index in [1.165, 1.54) is 12.8 Å². The number of hydrogen-bond donors (Lipinski definition) is 1. The van der Waals surface area contributed by atoms with Gasteiger partial charge in [0.25, 0.3) is 5.91 Å². The van der Waals surface area contributed by atoms with Crippen LogP contribution in [0.3, 0.4) is 0 Å². The third kappa shape index (κ3) is 2.52. The molecule has 1 N–H and O–H groups in total. The summed E-state index contributed by atoms with van der Waals surface area (Å²) in [7, 11) is 0. The van der Waals surface area contributed by atoms with Crippen LogP contribution in [0.2, 0.25) is 0 Å². The van der Waals surface area contributed by atoms with Crippen LogP contribution in [0.5, 0.6) is 0 Å². The van der Waals surface area contributed by atoms with Crippen LogP contribution in [0.1, 0.15) is 36.2 Å². The van der Waals surface area contributed by atoms with Crippen molar-refractivity contribution >= 4 is 22.4 Å². The standard InChI is InChI=1S/C16H20N4OS/c21-15(19-5-1-2-6-19)13-9-12(10-17-13)14-11-22-16(18-14)20-7-3-4-8-20/h9-11,17H,1-8H2. The Kier molecular flexibility index (Phi) is 3.62. The van der Waals surface area contributed by atoms with Crippen molar-refractivity contribution in [3.05, 3.63) is 23.3 Å². The van der Waals surface area contributed by atoms with Crippen molar-refractivity contribution < 1.29 is 4.79 Å². The predicted octanol–water partition coefficient (Wildman–Crippen LogP) is 2.97. The molecule has 6 heteroatoms. The lowest BCUT2D eigenvalue weighted by Crippen LogP contribution is -2.27. The molecule has 2 aliphatic heterocycles. The average Bonchev–Trinajstić information content (AvgIpc) is 3.35. The molecule has 2 aliphatic rings. The number of carbonyl (C=O) groups excluding carboxylic acids is 1. The number of nitrogens with zero attached hydrogens (tertiary/aromatic N) is 3. The van der Waals surface area contributed by atoms with Gasteiger partial charge in [-0.2, -0.15) is 0 Å². The van der Waals surface area contributed by atoms with Crippen molar-refractivity contribution in [2.75, 3.05) is 31.1 Å². The molecule has 0 aromatic carbocycles. The molecule has 0 bridgehead atoms. The molecule has 2 aromatic rings. The van der Waals surface area contributed by atoms with E-state index in [2.05, 4.69) is 15.3 Å². The summed E-state index contributed by atoms with van der Waals surface area (Å²) in [5.74, 6) is 0.110. The molecule has 1 amide bonds. The van der Waals surface area contributed by atoms with Crippen LogP contribution in [0.25, 0.3) is 11.3 Å². The molecule has 2 fully saturated rings. The largest absolute Gasteiger partial charge is 0.357 e. The Morgan fingerprint density at radius 3 is 2.64 bits per heavy atom. The lowest BCUT2D eigenvalue weighted by Gasteiger charge is -2.13. The van der Waals surface area contributed by atoms with Gasteiger partial charge in [0.05, 0.1) is 5.69 Å². The van der Waals surface area contributed by atoms with E-state index in [1.807, 2.05) is 17.2 Å². The van der Waals surface area contributed by atoms with Crippen LogP contribution in [0, 0.1) is 0 Å². The first-order valence-corrected chi connectivity index (χ1v) is 8.88. The number of carbonyl (C=O) groups is 1. The van der Waals surface area contributed by atoms with Crippen molar-refractivity contribution in [2.45, 2.75) is 25.7 Å². The van der Waals surface area contributed by atoms with Gasteiger partial charge in [0, 0.05) is 43.3 Å². The maximum atomic E-state index is 12.4. The summed E-state index contributed by atoms with van der Waals surface area (Å²) in [5.41, 5.74) is 2.64. The van der Waals surface area contributed by atoms with Crippen molar-refractivity contribution in [2.24, 2.45) is 0 Å². The summed E-state index contributed by atoms with van der Waals surface area (Å²) >= 11 is 1.69. The van der Waals surface area contributed by atoms with Crippen molar-refractivity contribution in [1.82, 2.24) is 14.9 Å². The fourth-order valence-electron chi connectivity index (χ4n) is 3.21. The maximum absolute atomic E-state index is 12.4. The lowest BCUT2D eigenvalue weighted by atomic mass is 10.2. The summed E-state index contributed by atoms with van der Waals surface area (Å²) < 4.78 is 0. The van der Waals surface area contributed by atoms with Gasteiger partial charge in [-0.25, -0.2) is 4.98 Å². The molecule has 0 radical (unpaired) electrons. The number of hydrogen-bond acceptors (Lipinski definition) is 4. The fraction of sp³-hybridized carbons (Fsp3) is 0.500. The van der Waals surface area contributed by atoms with Gasteiger partial charge >= 0.3 is 0 Å². The van der Waals surface area contributed by atoms with E-state index in [1.54, 1.807) is 11.3 Å².